The summed E-state index contributed by atoms with van der Waals surface area (Å²) in [5, 5.41) is 0. The fourth-order valence-electron chi connectivity index (χ4n) is 0.541. The minimum absolute atomic E-state index is 0.361. The lowest BCUT2D eigenvalue weighted by atomic mass is 10.4. The number of carbonyl (C=O) groups is 1. The number of hydrogen-bond donors (Lipinski definition) is 0. The van der Waals surface area contributed by atoms with Crippen LogP contribution in [0.5, 0.6) is 0 Å². The molecule has 0 aliphatic heterocycles. The van der Waals surface area contributed by atoms with Gasteiger partial charge in [-0.15, -0.1) is 0 Å². The Labute approximate surface area is 77.9 Å². The zero-order valence-corrected chi connectivity index (χ0v) is 8.39. The summed E-state index contributed by atoms with van der Waals surface area (Å²) >= 11 is 5.69. The van der Waals surface area contributed by atoms with Crippen molar-refractivity contribution in [3.63, 3.8) is 0 Å². The summed E-state index contributed by atoms with van der Waals surface area (Å²) in [4.78, 5) is 12.7. The number of ether oxygens (including phenoxy) is 1. The van der Waals surface area contributed by atoms with Gasteiger partial charge >= 0.3 is 5.97 Å². The van der Waals surface area contributed by atoms with Crippen LogP contribution in [-0.4, -0.2) is 37.1 Å². The Morgan fingerprint density at radius 3 is 2.50 bits per heavy atom. The highest BCUT2D eigenvalue weighted by Gasteiger charge is 2.11. The summed E-state index contributed by atoms with van der Waals surface area (Å²) in [5.41, 5.74) is -0.247. The molecule has 70 valence electrons. The first-order valence-electron chi connectivity index (χ1n) is 3.58. The van der Waals surface area contributed by atoms with Crippen LogP contribution in [-0.2, 0) is 9.53 Å². The molecule has 0 rings (SSSR count). The van der Waals surface area contributed by atoms with Gasteiger partial charge < -0.3 is 9.64 Å². The average Bonchev–Trinajstić information content (AvgIpc) is 1.84. The molecule has 0 radical (unpaired) electrons. The minimum atomic E-state index is -0.607. The van der Waals surface area contributed by atoms with Gasteiger partial charge in [-0.25, -0.2) is 4.79 Å². The number of nitrogens with zero attached hydrogens (tertiary/aromatic N) is 1. The fraction of sp³-hybridized carbons (Fsp3) is 0.625. The zero-order valence-electron chi connectivity index (χ0n) is 7.63. The predicted molar refractivity (Wildman–Crippen MR) is 49.1 cm³/mol. The number of likely N-dealkylation sites (N-methyl/N-ethyl adjacent to an activating group) is 1. The van der Waals surface area contributed by atoms with Crippen molar-refractivity contribution in [1.82, 2.24) is 4.90 Å². The molecule has 3 nitrogen and oxygen atoms in total. The first-order chi connectivity index (χ1) is 5.43. The van der Waals surface area contributed by atoms with E-state index in [4.69, 9.17) is 16.3 Å². The Morgan fingerprint density at radius 1 is 1.67 bits per heavy atom. The Kier molecular flexibility index (Phi) is 4.93. The highest BCUT2D eigenvalue weighted by atomic mass is 35.5. The molecule has 0 saturated heterocycles. The van der Waals surface area contributed by atoms with E-state index in [0.29, 0.717) is 12.1 Å². The molecular weight excluding hydrogens is 178 g/mol. The van der Waals surface area contributed by atoms with Crippen LogP contribution >= 0.6 is 11.6 Å². The molecule has 1 unspecified atom stereocenters. The topological polar surface area (TPSA) is 29.5 Å². The minimum Gasteiger partial charge on any atom is -0.441 e. The molecule has 0 aliphatic rings. The third-order valence-electron chi connectivity index (χ3n) is 1.09. The Hall–Kier alpha value is -0.540. The summed E-state index contributed by atoms with van der Waals surface area (Å²) in [5.74, 6) is -0.447. The monoisotopic (exact) mass is 191 g/mol. The molecule has 12 heavy (non-hydrogen) atoms. The Balaban J connectivity index is 3.76. The average molecular weight is 192 g/mol. The van der Waals surface area contributed by atoms with E-state index in [0.717, 1.165) is 0 Å². The molecule has 0 amide bonds. The van der Waals surface area contributed by atoms with Gasteiger partial charge in [0.15, 0.2) is 5.56 Å². The number of halogens is 1. The summed E-state index contributed by atoms with van der Waals surface area (Å²) in [6, 6.07) is 0. The van der Waals surface area contributed by atoms with Gasteiger partial charge in [0.25, 0.3) is 0 Å². The van der Waals surface area contributed by atoms with E-state index in [1.54, 1.807) is 6.92 Å². The molecule has 0 aliphatic carbocycles. The van der Waals surface area contributed by atoms with Crippen LogP contribution in [0.3, 0.4) is 0 Å². The van der Waals surface area contributed by atoms with Gasteiger partial charge in [0, 0.05) is 12.1 Å². The third-order valence-corrected chi connectivity index (χ3v) is 1.32. The highest BCUT2D eigenvalue weighted by Crippen LogP contribution is 2.03. The lowest BCUT2D eigenvalue weighted by Gasteiger charge is -2.15. The largest absolute Gasteiger partial charge is 0.441 e. The van der Waals surface area contributed by atoms with Crippen molar-refractivity contribution >= 4 is 17.6 Å². The van der Waals surface area contributed by atoms with Crippen molar-refractivity contribution in [2.24, 2.45) is 0 Å². The number of rotatable bonds is 4. The molecule has 1 atom stereocenters. The van der Waals surface area contributed by atoms with Crippen LogP contribution in [0, 0.1) is 0 Å². The van der Waals surface area contributed by atoms with Crippen LogP contribution in [0.1, 0.15) is 6.92 Å². The number of esters is 1. The second kappa shape index (κ2) is 5.17. The third kappa shape index (κ3) is 5.16. The first-order valence-corrected chi connectivity index (χ1v) is 4.02. The summed E-state index contributed by atoms with van der Waals surface area (Å²) in [6.07, 6.45) is 0. The maximum Gasteiger partial charge on any atom is 0.334 e. The van der Waals surface area contributed by atoms with Crippen LogP contribution < -0.4 is 0 Å². The summed E-state index contributed by atoms with van der Waals surface area (Å²) < 4.78 is 4.81. The smallest absolute Gasteiger partial charge is 0.334 e. The van der Waals surface area contributed by atoms with Crippen LogP contribution in [0.2, 0.25) is 0 Å². The maximum absolute atomic E-state index is 10.9. The Morgan fingerprint density at radius 2 is 2.17 bits per heavy atom. The quantitative estimate of drug-likeness (QED) is 0.380. The number of carbonyl (C=O) groups excluding carboxylic acids is 1. The Bertz CT molecular complexity index is 180. The van der Waals surface area contributed by atoms with Crippen molar-refractivity contribution in [2.45, 2.75) is 12.5 Å². The van der Waals surface area contributed by atoms with Gasteiger partial charge in [0.1, 0.15) is 0 Å². The van der Waals surface area contributed by atoms with E-state index < -0.39 is 11.5 Å². The maximum atomic E-state index is 10.9. The van der Waals surface area contributed by atoms with Gasteiger partial charge in [-0.1, -0.05) is 18.2 Å². The molecule has 0 N–H and O–H groups in total. The van der Waals surface area contributed by atoms with Gasteiger partial charge in [-0.3, -0.25) is 0 Å². The molecule has 0 spiro atoms. The van der Waals surface area contributed by atoms with Crippen molar-refractivity contribution in [2.75, 3.05) is 20.6 Å². The normalized spacial score (nSPS) is 12.8. The molecule has 0 aromatic heterocycles. The van der Waals surface area contributed by atoms with E-state index >= 15 is 0 Å². The van der Waals surface area contributed by atoms with Crippen molar-refractivity contribution in [3.05, 3.63) is 12.2 Å². The second-order valence-electron chi connectivity index (χ2n) is 2.86. The molecule has 0 aromatic carbocycles. The lowest BCUT2D eigenvalue weighted by molar-refractivity contribution is -0.141. The molecule has 0 bridgehead atoms. The number of alkyl halides is 1. The van der Waals surface area contributed by atoms with Crippen molar-refractivity contribution in [3.8, 4) is 0 Å². The standard InChI is InChI=1S/C8H14ClNO2/c1-6(2)8(11)12-7(9)5-10(3)4/h7H,1,5H2,2-4H3. The fourth-order valence-corrected chi connectivity index (χ4v) is 0.898. The molecule has 0 saturated carbocycles. The van der Waals surface area contributed by atoms with Gasteiger partial charge in [-0.2, -0.15) is 0 Å². The summed E-state index contributed by atoms with van der Waals surface area (Å²) in [7, 11) is 3.70. The molecule has 0 aromatic rings. The van der Waals surface area contributed by atoms with Gasteiger partial charge in [0.05, 0.1) is 0 Å². The van der Waals surface area contributed by atoms with Crippen LogP contribution in [0.15, 0.2) is 12.2 Å². The zero-order chi connectivity index (χ0) is 9.72. The second-order valence-corrected chi connectivity index (χ2v) is 3.34. The predicted octanol–water partition coefficient (Wildman–Crippen LogP) is 1.23. The molecule has 0 heterocycles. The molecule has 4 heteroatoms. The van der Waals surface area contributed by atoms with E-state index in [-0.39, 0.29) is 0 Å². The molecule has 0 fully saturated rings. The van der Waals surface area contributed by atoms with Gasteiger partial charge in [0.2, 0.25) is 0 Å². The van der Waals surface area contributed by atoms with Crippen molar-refractivity contribution < 1.29 is 9.53 Å². The van der Waals surface area contributed by atoms with E-state index in [1.807, 2.05) is 19.0 Å². The molecular formula is C8H14ClNO2. The highest BCUT2D eigenvalue weighted by molar-refractivity contribution is 6.20. The van der Waals surface area contributed by atoms with Crippen LogP contribution in [0.25, 0.3) is 0 Å². The van der Waals surface area contributed by atoms with E-state index in [9.17, 15) is 4.79 Å². The van der Waals surface area contributed by atoms with E-state index in [2.05, 4.69) is 6.58 Å². The lowest BCUT2D eigenvalue weighted by Crippen LogP contribution is -2.26. The van der Waals surface area contributed by atoms with Crippen LogP contribution in [0.4, 0.5) is 0 Å². The first kappa shape index (κ1) is 11.5. The summed E-state index contributed by atoms with van der Waals surface area (Å²) in [6.45, 7) is 5.53. The SMILES string of the molecule is C=C(C)C(=O)OC(Cl)CN(C)C. The number of hydrogen-bond acceptors (Lipinski definition) is 3. The van der Waals surface area contributed by atoms with E-state index in [1.165, 1.54) is 0 Å². The van der Waals surface area contributed by atoms with Gasteiger partial charge in [-0.05, 0) is 21.0 Å². The van der Waals surface area contributed by atoms with Crippen molar-refractivity contribution in [1.29, 1.82) is 0 Å².